The molecule has 0 aliphatic carbocycles. The van der Waals surface area contributed by atoms with E-state index in [1.54, 1.807) is 6.92 Å². The standard InChI is InChI=1S/C15H23F2NO/c1-10-6-7-11(16)12(13(10)17)15(5,19)8-9-18-14(2,3)4/h6-7,18-19H,8-9H2,1-5H3. The highest BCUT2D eigenvalue weighted by atomic mass is 19.1. The SMILES string of the molecule is Cc1ccc(F)c(C(C)(O)CCNC(C)(C)C)c1F. The van der Waals surface area contributed by atoms with E-state index in [0.29, 0.717) is 12.1 Å². The molecule has 1 aromatic rings. The van der Waals surface area contributed by atoms with Crippen LogP contribution in [0.15, 0.2) is 12.1 Å². The van der Waals surface area contributed by atoms with Crippen LogP contribution in [-0.2, 0) is 5.60 Å². The van der Waals surface area contributed by atoms with Crippen molar-refractivity contribution in [3.8, 4) is 0 Å². The summed E-state index contributed by atoms with van der Waals surface area (Å²) in [6, 6.07) is 2.57. The Balaban J connectivity index is 2.91. The smallest absolute Gasteiger partial charge is 0.135 e. The number of hydrogen-bond donors (Lipinski definition) is 2. The van der Waals surface area contributed by atoms with Gasteiger partial charge in [-0.1, -0.05) is 6.07 Å². The number of benzene rings is 1. The molecule has 1 unspecified atom stereocenters. The van der Waals surface area contributed by atoms with Crippen molar-refractivity contribution in [3.63, 3.8) is 0 Å². The molecule has 0 saturated heterocycles. The van der Waals surface area contributed by atoms with Crippen molar-refractivity contribution in [2.45, 2.75) is 52.2 Å². The summed E-state index contributed by atoms with van der Waals surface area (Å²) in [5, 5.41) is 13.5. The molecule has 4 heteroatoms. The molecule has 2 nitrogen and oxygen atoms in total. The second kappa shape index (κ2) is 5.55. The van der Waals surface area contributed by atoms with E-state index >= 15 is 0 Å². The van der Waals surface area contributed by atoms with Gasteiger partial charge < -0.3 is 10.4 Å². The van der Waals surface area contributed by atoms with Gasteiger partial charge in [0, 0.05) is 5.54 Å². The van der Waals surface area contributed by atoms with Crippen molar-refractivity contribution in [3.05, 3.63) is 34.9 Å². The summed E-state index contributed by atoms with van der Waals surface area (Å²) >= 11 is 0. The van der Waals surface area contributed by atoms with Gasteiger partial charge in [-0.15, -0.1) is 0 Å². The van der Waals surface area contributed by atoms with Gasteiger partial charge in [0.1, 0.15) is 11.6 Å². The Morgan fingerprint density at radius 3 is 2.26 bits per heavy atom. The van der Waals surface area contributed by atoms with Gasteiger partial charge in [0.2, 0.25) is 0 Å². The van der Waals surface area contributed by atoms with Crippen molar-refractivity contribution < 1.29 is 13.9 Å². The molecule has 1 atom stereocenters. The van der Waals surface area contributed by atoms with Crippen LogP contribution in [0.25, 0.3) is 0 Å². The summed E-state index contributed by atoms with van der Waals surface area (Å²) in [7, 11) is 0. The van der Waals surface area contributed by atoms with E-state index in [1.165, 1.54) is 19.1 Å². The number of nitrogens with one attached hydrogen (secondary N) is 1. The van der Waals surface area contributed by atoms with Crippen molar-refractivity contribution in [2.24, 2.45) is 0 Å². The maximum absolute atomic E-state index is 14.0. The van der Waals surface area contributed by atoms with Crippen LogP contribution in [0.5, 0.6) is 0 Å². The van der Waals surface area contributed by atoms with Crippen LogP contribution >= 0.6 is 0 Å². The fraction of sp³-hybridized carbons (Fsp3) is 0.600. The molecule has 19 heavy (non-hydrogen) atoms. The van der Waals surface area contributed by atoms with Crippen LogP contribution in [0.2, 0.25) is 0 Å². The molecule has 0 aliphatic heterocycles. The van der Waals surface area contributed by atoms with Crippen LogP contribution in [0.4, 0.5) is 8.78 Å². The second-order valence-electron chi connectivity index (χ2n) is 6.25. The third-order valence-electron chi connectivity index (χ3n) is 3.09. The number of aryl methyl sites for hydroxylation is 1. The quantitative estimate of drug-likeness (QED) is 0.881. The van der Waals surface area contributed by atoms with Crippen LogP contribution in [0.1, 0.15) is 45.2 Å². The fourth-order valence-corrected chi connectivity index (χ4v) is 1.96. The lowest BCUT2D eigenvalue weighted by Gasteiger charge is -2.28. The van der Waals surface area contributed by atoms with E-state index in [2.05, 4.69) is 5.32 Å². The highest BCUT2D eigenvalue weighted by molar-refractivity contribution is 5.31. The molecule has 0 radical (unpaired) electrons. The first-order valence-electron chi connectivity index (χ1n) is 6.47. The molecule has 0 bridgehead atoms. The number of rotatable bonds is 4. The van der Waals surface area contributed by atoms with Crippen LogP contribution < -0.4 is 5.32 Å². The maximum Gasteiger partial charge on any atom is 0.135 e. The molecule has 1 rings (SSSR count). The monoisotopic (exact) mass is 271 g/mol. The largest absolute Gasteiger partial charge is 0.385 e. The number of halogens is 2. The van der Waals surface area contributed by atoms with Crippen LogP contribution in [0.3, 0.4) is 0 Å². The van der Waals surface area contributed by atoms with Gasteiger partial charge in [0.25, 0.3) is 0 Å². The summed E-state index contributed by atoms with van der Waals surface area (Å²) in [5.74, 6) is -1.37. The van der Waals surface area contributed by atoms with E-state index in [-0.39, 0.29) is 17.5 Å². The van der Waals surface area contributed by atoms with Gasteiger partial charge in [0.15, 0.2) is 0 Å². The van der Waals surface area contributed by atoms with Crippen LogP contribution in [0, 0.1) is 18.6 Å². The van der Waals surface area contributed by atoms with Crippen LogP contribution in [-0.4, -0.2) is 17.2 Å². The second-order valence-corrected chi connectivity index (χ2v) is 6.25. The summed E-state index contributed by atoms with van der Waals surface area (Å²) in [5.41, 5.74) is -1.54. The lowest BCUT2D eigenvalue weighted by molar-refractivity contribution is 0.0388. The summed E-state index contributed by atoms with van der Waals surface area (Å²) in [6.45, 7) is 9.46. The summed E-state index contributed by atoms with van der Waals surface area (Å²) in [6.07, 6.45) is 0.238. The van der Waals surface area contributed by atoms with E-state index in [4.69, 9.17) is 0 Å². The number of hydrogen-bond acceptors (Lipinski definition) is 2. The average molecular weight is 271 g/mol. The van der Waals surface area contributed by atoms with Gasteiger partial charge in [-0.2, -0.15) is 0 Å². The Morgan fingerprint density at radius 1 is 1.16 bits per heavy atom. The first-order valence-corrected chi connectivity index (χ1v) is 6.47. The minimum absolute atomic E-state index is 0.0974. The third-order valence-corrected chi connectivity index (χ3v) is 3.09. The molecule has 0 heterocycles. The van der Waals surface area contributed by atoms with Crippen molar-refractivity contribution in [1.82, 2.24) is 5.32 Å². The Bertz CT molecular complexity index is 450. The Labute approximate surface area is 113 Å². The molecule has 1 aromatic carbocycles. The first-order chi connectivity index (χ1) is 8.54. The molecule has 0 aromatic heterocycles. The fourth-order valence-electron chi connectivity index (χ4n) is 1.96. The summed E-state index contributed by atoms with van der Waals surface area (Å²) in [4.78, 5) is 0. The predicted molar refractivity (Wildman–Crippen MR) is 73.0 cm³/mol. The predicted octanol–water partition coefficient (Wildman–Crippen LogP) is 3.26. The maximum atomic E-state index is 14.0. The Kier molecular flexibility index (Phi) is 4.69. The lowest BCUT2D eigenvalue weighted by Crippen LogP contribution is -2.39. The Morgan fingerprint density at radius 2 is 1.74 bits per heavy atom. The molecule has 0 amide bonds. The molecule has 0 fully saturated rings. The summed E-state index contributed by atoms with van der Waals surface area (Å²) < 4.78 is 27.8. The third kappa shape index (κ3) is 4.25. The van der Waals surface area contributed by atoms with Crippen molar-refractivity contribution >= 4 is 0 Å². The van der Waals surface area contributed by atoms with E-state index in [1.807, 2.05) is 20.8 Å². The van der Waals surface area contributed by atoms with Gasteiger partial charge >= 0.3 is 0 Å². The molecule has 2 N–H and O–H groups in total. The minimum Gasteiger partial charge on any atom is -0.385 e. The van der Waals surface area contributed by atoms with Gasteiger partial charge in [0.05, 0.1) is 11.2 Å². The topological polar surface area (TPSA) is 32.3 Å². The molecular formula is C15H23F2NO. The van der Waals surface area contributed by atoms with Crippen molar-refractivity contribution in [2.75, 3.05) is 6.54 Å². The zero-order valence-corrected chi connectivity index (χ0v) is 12.3. The lowest BCUT2D eigenvalue weighted by atomic mass is 9.90. The zero-order valence-electron chi connectivity index (χ0n) is 12.3. The van der Waals surface area contributed by atoms with Crippen molar-refractivity contribution in [1.29, 1.82) is 0 Å². The van der Waals surface area contributed by atoms with Gasteiger partial charge in [-0.3, -0.25) is 0 Å². The molecule has 0 saturated carbocycles. The molecule has 0 spiro atoms. The van der Waals surface area contributed by atoms with E-state index < -0.39 is 17.2 Å². The highest BCUT2D eigenvalue weighted by Crippen LogP contribution is 2.30. The normalized spacial score (nSPS) is 15.4. The average Bonchev–Trinajstić information content (AvgIpc) is 2.21. The van der Waals surface area contributed by atoms with E-state index in [0.717, 1.165) is 0 Å². The van der Waals surface area contributed by atoms with Gasteiger partial charge in [-0.05, 0) is 59.2 Å². The molecular weight excluding hydrogens is 248 g/mol. The zero-order chi connectivity index (χ0) is 14.8. The Hall–Kier alpha value is -1.00. The minimum atomic E-state index is -1.53. The first kappa shape index (κ1) is 16.1. The van der Waals surface area contributed by atoms with Gasteiger partial charge in [-0.25, -0.2) is 8.78 Å². The number of aliphatic hydroxyl groups is 1. The highest BCUT2D eigenvalue weighted by Gasteiger charge is 2.30. The van der Waals surface area contributed by atoms with E-state index in [9.17, 15) is 13.9 Å². The molecule has 0 aliphatic rings. The molecule has 108 valence electrons.